The van der Waals surface area contributed by atoms with Gasteiger partial charge in [0.2, 0.25) is 5.91 Å². The van der Waals surface area contributed by atoms with E-state index in [9.17, 15) is 24.0 Å². The van der Waals surface area contributed by atoms with E-state index in [0.29, 0.717) is 12.8 Å². The summed E-state index contributed by atoms with van der Waals surface area (Å²) in [6.45, 7) is 5.33. The van der Waals surface area contributed by atoms with Gasteiger partial charge in [0.05, 0.1) is 6.42 Å². The number of esters is 2. The van der Waals surface area contributed by atoms with Crippen molar-refractivity contribution >= 4 is 30.0 Å². The molecule has 3 N–H and O–H groups in total. The predicted octanol–water partition coefficient (Wildman–Crippen LogP) is 5.34. The first-order valence-electron chi connectivity index (χ1n) is 16.1. The summed E-state index contributed by atoms with van der Waals surface area (Å²) in [5, 5.41) is 7.73. The van der Waals surface area contributed by atoms with Gasteiger partial charge in [0.15, 0.2) is 0 Å². The van der Waals surface area contributed by atoms with Crippen molar-refractivity contribution in [2.45, 2.75) is 84.0 Å². The van der Waals surface area contributed by atoms with Gasteiger partial charge in [0, 0.05) is 6.54 Å². The van der Waals surface area contributed by atoms with Crippen molar-refractivity contribution in [3.63, 3.8) is 0 Å². The minimum atomic E-state index is -1.41. The lowest BCUT2D eigenvalue weighted by Crippen LogP contribution is -2.53. The highest BCUT2D eigenvalue weighted by Crippen LogP contribution is 2.11. The van der Waals surface area contributed by atoms with E-state index >= 15 is 0 Å². The molecule has 0 aliphatic heterocycles. The minimum Gasteiger partial charge on any atom is -0.461 e. The second-order valence-electron chi connectivity index (χ2n) is 12.2. The Balaban J connectivity index is 1.61. The maximum atomic E-state index is 13.5. The summed E-state index contributed by atoms with van der Waals surface area (Å²) in [6, 6.07) is 24.8. The van der Waals surface area contributed by atoms with Gasteiger partial charge in [0.25, 0.3) is 0 Å². The van der Waals surface area contributed by atoms with Crippen molar-refractivity contribution in [3.8, 4) is 0 Å². The third-order valence-electron chi connectivity index (χ3n) is 6.85. The lowest BCUT2D eigenvalue weighted by atomic mass is 10.1. The molecule has 12 heteroatoms. The largest absolute Gasteiger partial charge is 0.461 e. The molecule has 3 rings (SSSR count). The van der Waals surface area contributed by atoms with Crippen LogP contribution in [-0.2, 0) is 53.2 Å². The molecule has 0 radical (unpaired) electrons. The lowest BCUT2D eigenvalue weighted by Gasteiger charge is -2.25. The number of benzene rings is 3. The van der Waals surface area contributed by atoms with Crippen LogP contribution >= 0.6 is 0 Å². The highest BCUT2D eigenvalue weighted by Gasteiger charge is 2.31. The molecule has 12 nitrogen and oxygen atoms in total. The fraction of sp³-hybridized carbons (Fsp3) is 0.378. The smallest absolute Gasteiger partial charge is 0.408 e. The maximum Gasteiger partial charge on any atom is 0.408 e. The fourth-order valence-corrected chi connectivity index (χ4v) is 4.41. The quantitative estimate of drug-likeness (QED) is 0.0976. The molecule has 0 spiro atoms. The van der Waals surface area contributed by atoms with Crippen LogP contribution in [0.1, 0.15) is 63.1 Å². The van der Waals surface area contributed by atoms with E-state index in [1.165, 1.54) is 0 Å². The molecule has 0 aromatic heterocycles. The number of unbranched alkanes of at least 4 members (excludes halogenated alkanes) is 1. The van der Waals surface area contributed by atoms with E-state index in [4.69, 9.17) is 18.9 Å². The number of carbonyl (C=O) groups is 5. The Morgan fingerprint density at radius 2 is 1.12 bits per heavy atom. The average Bonchev–Trinajstić information content (AvgIpc) is 3.08. The third kappa shape index (κ3) is 15.8. The molecule has 262 valence electrons. The monoisotopic (exact) mass is 675 g/mol. The van der Waals surface area contributed by atoms with Crippen molar-refractivity contribution in [1.29, 1.82) is 0 Å². The normalized spacial score (nSPS) is 12.1. The molecule has 0 unspecified atom stereocenters. The molecule has 0 aliphatic rings. The summed E-state index contributed by atoms with van der Waals surface area (Å²) in [6.07, 6.45) is -0.989. The van der Waals surface area contributed by atoms with Crippen molar-refractivity contribution in [2.75, 3.05) is 6.54 Å². The van der Waals surface area contributed by atoms with Crippen LogP contribution in [-0.4, -0.2) is 54.3 Å². The number of amides is 3. The van der Waals surface area contributed by atoms with Gasteiger partial charge < -0.3 is 34.9 Å². The van der Waals surface area contributed by atoms with Crippen molar-refractivity contribution in [1.82, 2.24) is 16.0 Å². The number of nitrogens with one attached hydrogen (secondary N) is 3. The Morgan fingerprint density at radius 3 is 1.65 bits per heavy atom. The van der Waals surface area contributed by atoms with Crippen molar-refractivity contribution < 1.29 is 42.9 Å². The second-order valence-corrected chi connectivity index (χ2v) is 12.2. The Kier molecular flexibility index (Phi) is 15.6. The number of ether oxygens (including phenoxy) is 4. The van der Waals surface area contributed by atoms with Crippen LogP contribution < -0.4 is 16.0 Å². The van der Waals surface area contributed by atoms with E-state index in [2.05, 4.69) is 16.0 Å². The van der Waals surface area contributed by atoms with E-state index in [1.54, 1.807) is 57.2 Å². The molecule has 0 fully saturated rings. The Hall–Kier alpha value is -5.39. The molecule has 3 aromatic rings. The summed E-state index contributed by atoms with van der Waals surface area (Å²) >= 11 is 0. The minimum absolute atomic E-state index is 0.0216. The van der Waals surface area contributed by atoms with Crippen molar-refractivity contribution in [3.05, 3.63) is 108 Å². The molecule has 0 saturated heterocycles. The Labute approximate surface area is 286 Å². The first-order valence-corrected chi connectivity index (χ1v) is 16.1. The molecule has 0 bridgehead atoms. The van der Waals surface area contributed by atoms with Gasteiger partial charge in [-0.25, -0.2) is 14.4 Å². The first-order chi connectivity index (χ1) is 23.5. The standard InChI is InChI=1S/C37H45N3O9/c1-37(2,3)49-36(45)40-31(23-32(41)46-24-27-15-7-4-8-16-27)33(42)39-30(34(43)47-25-28-17-9-5-10-18-28)21-13-14-22-38-35(44)48-26-29-19-11-6-12-20-29/h4-12,15-20,30-31H,13-14,21-26H2,1-3H3,(H,38,44)(H,39,42)(H,40,45)/t30-,31-/m1/s1. The van der Waals surface area contributed by atoms with Gasteiger partial charge in [-0.1, -0.05) is 91.0 Å². The summed E-state index contributed by atoms with van der Waals surface area (Å²) in [4.78, 5) is 64.3. The highest BCUT2D eigenvalue weighted by atomic mass is 16.6. The summed E-state index contributed by atoms with van der Waals surface area (Å²) < 4.78 is 21.4. The van der Waals surface area contributed by atoms with Crippen LogP contribution in [0.15, 0.2) is 91.0 Å². The molecule has 3 amide bonds. The Bertz CT molecular complexity index is 1480. The molecule has 2 atom stereocenters. The molecule has 3 aromatic carbocycles. The summed E-state index contributed by atoms with van der Waals surface area (Å²) in [5.41, 5.74) is 1.49. The number of alkyl carbamates (subject to hydrolysis) is 2. The number of rotatable bonds is 17. The van der Waals surface area contributed by atoms with E-state index in [1.807, 2.05) is 54.6 Å². The molecular weight excluding hydrogens is 630 g/mol. The molecule has 0 saturated carbocycles. The van der Waals surface area contributed by atoms with E-state index in [0.717, 1.165) is 16.7 Å². The van der Waals surface area contributed by atoms with Gasteiger partial charge in [-0.2, -0.15) is 0 Å². The highest BCUT2D eigenvalue weighted by molar-refractivity contribution is 5.92. The number of hydrogen-bond acceptors (Lipinski definition) is 9. The average molecular weight is 676 g/mol. The summed E-state index contributed by atoms with van der Waals surface area (Å²) in [7, 11) is 0. The maximum absolute atomic E-state index is 13.5. The van der Waals surface area contributed by atoms with Gasteiger partial charge in [0.1, 0.15) is 37.5 Å². The zero-order valence-electron chi connectivity index (χ0n) is 28.1. The zero-order chi connectivity index (χ0) is 35.5. The third-order valence-corrected chi connectivity index (χ3v) is 6.85. The summed E-state index contributed by atoms with van der Waals surface area (Å²) in [5.74, 6) is -2.24. The van der Waals surface area contributed by atoms with Crippen LogP contribution in [0, 0.1) is 0 Å². The zero-order valence-corrected chi connectivity index (χ0v) is 28.1. The SMILES string of the molecule is CC(C)(C)OC(=O)N[C@H](CC(=O)OCc1ccccc1)C(=O)N[C@H](CCCCNC(=O)OCc1ccccc1)C(=O)OCc1ccccc1. The van der Waals surface area contributed by atoms with Crippen LogP contribution in [0.2, 0.25) is 0 Å². The van der Waals surface area contributed by atoms with Crippen LogP contribution in [0.5, 0.6) is 0 Å². The first kappa shape index (κ1) is 38.1. The molecule has 49 heavy (non-hydrogen) atoms. The second kappa shape index (κ2) is 20.1. The van der Waals surface area contributed by atoms with Crippen LogP contribution in [0.25, 0.3) is 0 Å². The van der Waals surface area contributed by atoms with Gasteiger partial charge in [-0.3, -0.25) is 9.59 Å². The fourth-order valence-electron chi connectivity index (χ4n) is 4.41. The van der Waals surface area contributed by atoms with Crippen LogP contribution in [0.3, 0.4) is 0 Å². The predicted molar refractivity (Wildman–Crippen MR) is 181 cm³/mol. The van der Waals surface area contributed by atoms with E-state index < -0.39 is 54.1 Å². The van der Waals surface area contributed by atoms with Crippen LogP contribution in [0.4, 0.5) is 9.59 Å². The molecule has 0 heterocycles. The Morgan fingerprint density at radius 1 is 0.612 bits per heavy atom. The van der Waals surface area contributed by atoms with Gasteiger partial charge in [-0.05, 0) is 56.7 Å². The number of hydrogen-bond donors (Lipinski definition) is 3. The number of carbonyl (C=O) groups excluding carboxylic acids is 5. The lowest BCUT2D eigenvalue weighted by molar-refractivity contribution is -0.150. The van der Waals surface area contributed by atoms with E-state index in [-0.39, 0.29) is 32.8 Å². The van der Waals surface area contributed by atoms with Gasteiger partial charge in [-0.15, -0.1) is 0 Å². The van der Waals surface area contributed by atoms with Crippen molar-refractivity contribution in [2.24, 2.45) is 0 Å². The topological polar surface area (TPSA) is 158 Å². The molecular formula is C37H45N3O9. The molecule has 0 aliphatic carbocycles. The van der Waals surface area contributed by atoms with Gasteiger partial charge >= 0.3 is 24.1 Å².